The lowest BCUT2D eigenvalue weighted by Gasteiger charge is -2.34. The minimum atomic E-state index is 0.0666. The van der Waals surface area contributed by atoms with Crippen LogP contribution in [0.3, 0.4) is 0 Å². The maximum atomic E-state index is 13.1. The van der Waals surface area contributed by atoms with Gasteiger partial charge >= 0.3 is 0 Å². The first-order valence-electron chi connectivity index (χ1n) is 9.78. The van der Waals surface area contributed by atoms with Crippen molar-refractivity contribution < 1.29 is 4.79 Å². The second-order valence-electron chi connectivity index (χ2n) is 7.59. The summed E-state index contributed by atoms with van der Waals surface area (Å²) in [6.07, 6.45) is 3.90. The highest BCUT2D eigenvalue weighted by Crippen LogP contribution is 2.26. The topological polar surface area (TPSA) is 52.6 Å². The maximum Gasteiger partial charge on any atom is 0.259 e. The summed E-state index contributed by atoms with van der Waals surface area (Å²) >= 11 is 0. The molecule has 1 amide bonds. The number of likely N-dealkylation sites (N-methyl/N-ethyl adjacent to an activating group) is 1. The zero-order valence-corrected chi connectivity index (χ0v) is 16.2. The van der Waals surface area contributed by atoms with E-state index in [1.54, 1.807) is 6.20 Å². The molecule has 0 atom stereocenters. The Morgan fingerprint density at radius 2 is 1.63 bits per heavy atom. The molecule has 3 heterocycles. The van der Waals surface area contributed by atoms with Crippen molar-refractivity contribution in [2.24, 2.45) is 0 Å². The summed E-state index contributed by atoms with van der Waals surface area (Å²) in [5.74, 6) is 1.53. The fourth-order valence-electron chi connectivity index (χ4n) is 3.72. The van der Waals surface area contributed by atoms with Crippen molar-refractivity contribution in [2.45, 2.75) is 19.8 Å². The van der Waals surface area contributed by atoms with Gasteiger partial charge in [0.2, 0.25) is 0 Å². The molecule has 2 fully saturated rings. The molecule has 1 aromatic carbocycles. The number of aryl methyl sites for hydroxylation is 1. The number of carbonyl (C=O) groups is 1. The second kappa shape index (κ2) is 7.64. The van der Waals surface area contributed by atoms with Crippen molar-refractivity contribution in [3.63, 3.8) is 0 Å². The van der Waals surface area contributed by atoms with Gasteiger partial charge in [-0.1, -0.05) is 29.8 Å². The van der Waals surface area contributed by atoms with E-state index in [1.807, 2.05) is 17.0 Å². The van der Waals surface area contributed by atoms with Crippen molar-refractivity contribution in [3.8, 4) is 11.4 Å². The van der Waals surface area contributed by atoms with Crippen LogP contribution in [0.5, 0.6) is 0 Å². The Hall–Kier alpha value is -2.47. The summed E-state index contributed by atoms with van der Waals surface area (Å²) in [5.41, 5.74) is 2.83. The summed E-state index contributed by atoms with van der Waals surface area (Å²) in [6.45, 7) is 7.43. The second-order valence-corrected chi connectivity index (χ2v) is 7.59. The number of nitrogens with zero attached hydrogens (tertiary/aromatic N) is 5. The monoisotopic (exact) mass is 365 g/mol. The number of hydrogen-bond donors (Lipinski definition) is 0. The molecule has 2 aromatic rings. The number of amides is 1. The summed E-state index contributed by atoms with van der Waals surface area (Å²) in [7, 11) is 2.13. The Balaban J connectivity index is 1.71. The fraction of sp³-hybridized carbons (Fsp3) is 0.476. The van der Waals surface area contributed by atoms with Crippen LogP contribution in [0.2, 0.25) is 0 Å². The average Bonchev–Trinajstić information content (AvgIpc) is 3.23. The molecular formula is C21H27N5O. The summed E-state index contributed by atoms with van der Waals surface area (Å²) in [4.78, 5) is 29.0. The highest BCUT2D eigenvalue weighted by Gasteiger charge is 2.27. The molecule has 1 aromatic heterocycles. The Morgan fingerprint density at radius 3 is 2.30 bits per heavy atom. The first-order chi connectivity index (χ1) is 13.1. The molecule has 27 heavy (non-hydrogen) atoms. The predicted molar refractivity (Wildman–Crippen MR) is 107 cm³/mol. The van der Waals surface area contributed by atoms with Crippen molar-refractivity contribution in [1.29, 1.82) is 0 Å². The van der Waals surface area contributed by atoms with Crippen molar-refractivity contribution in [2.75, 3.05) is 51.2 Å². The summed E-state index contributed by atoms with van der Waals surface area (Å²) < 4.78 is 0. The predicted octanol–water partition coefficient (Wildman–Crippen LogP) is 2.44. The third-order valence-electron chi connectivity index (χ3n) is 5.50. The molecule has 0 bridgehead atoms. The van der Waals surface area contributed by atoms with Gasteiger partial charge in [0.1, 0.15) is 11.4 Å². The van der Waals surface area contributed by atoms with Crippen molar-refractivity contribution in [1.82, 2.24) is 19.8 Å². The third kappa shape index (κ3) is 3.81. The molecule has 0 aliphatic carbocycles. The van der Waals surface area contributed by atoms with Gasteiger partial charge in [-0.3, -0.25) is 4.79 Å². The van der Waals surface area contributed by atoms with E-state index in [2.05, 4.69) is 40.9 Å². The standard InChI is InChI=1S/C21H27N5O/c1-16-5-7-17(8-6-16)19-22-15-18(21(27)26-9-3-4-10-26)20(23-19)25-13-11-24(2)12-14-25/h5-8,15H,3-4,9-14H2,1-2H3. The minimum Gasteiger partial charge on any atom is -0.353 e. The van der Waals surface area contributed by atoms with Crippen LogP contribution >= 0.6 is 0 Å². The quantitative estimate of drug-likeness (QED) is 0.836. The van der Waals surface area contributed by atoms with Crippen LogP contribution in [0.15, 0.2) is 30.5 Å². The highest BCUT2D eigenvalue weighted by molar-refractivity contribution is 5.99. The lowest BCUT2D eigenvalue weighted by molar-refractivity contribution is 0.0792. The zero-order chi connectivity index (χ0) is 18.8. The molecule has 0 unspecified atom stereocenters. The molecule has 4 rings (SSSR count). The molecule has 6 heteroatoms. The van der Waals surface area contributed by atoms with Crippen LogP contribution in [0.1, 0.15) is 28.8 Å². The zero-order valence-electron chi connectivity index (χ0n) is 16.2. The first kappa shape index (κ1) is 17.9. The van der Waals surface area contributed by atoms with Gasteiger partial charge in [-0.15, -0.1) is 0 Å². The highest BCUT2D eigenvalue weighted by atomic mass is 16.2. The summed E-state index contributed by atoms with van der Waals surface area (Å²) in [5, 5.41) is 0. The van der Waals surface area contributed by atoms with Crippen molar-refractivity contribution >= 4 is 11.7 Å². The molecule has 142 valence electrons. The molecule has 0 radical (unpaired) electrons. The van der Waals surface area contributed by atoms with E-state index < -0.39 is 0 Å². The van der Waals surface area contributed by atoms with Crippen LogP contribution in [-0.2, 0) is 0 Å². The van der Waals surface area contributed by atoms with E-state index in [4.69, 9.17) is 4.98 Å². The lowest BCUT2D eigenvalue weighted by Crippen LogP contribution is -2.45. The molecule has 6 nitrogen and oxygen atoms in total. The number of benzene rings is 1. The largest absolute Gasteiger partial charge is 0.353 e. The van der Waals surface area contributed by atoms with Gasteiger partial charge in [-0.05, 0) is 26.8 Å². The third-order valence-corrected chi connectivity index (χ3v) is 5.50. The van der Waals surface area contributed by atoms with Gasteiger partial charge in [-0.25, -0.2) is 9.97 Å². The fourth-order valence-corrected chi connectivity index (χ4v) is 3.72. The van der Waals surface area contributed by atoms with E-state index in [0.717, 1.165) is 63.5 Å². The molecule has 2 aliphatic rings. The van der Waals surface area contributed by atoms with Crippen molar-refractivity contribution in [3.05, 3.63) is 41.6 Å². The Bertz CT molecular complexity index is 806. The average molecular weight is 365 g/mol. The van der Waals surface area contributed by atoms with Gasteiger partial charge in [0.15, 0.2) is 5.82 Å². The molecule has 0 spiro atoms. The Kier molecular flexibility index (Phi) is 5.07. The number of hydrogen-bond acceptors (Lipinski definition) is 5. The van der Waals surface area contributed by atoms with Gasteiger partial charge in [0.05, 0.1) is 0 Å². The number of rotatable bonds is 3. The van der Waals surface area contributed by atoms with Gasteiger partial charge in [0, 0.05) is 51.0 Å². The smallest absolute Gasteiger partial charge is 0.259 e. The Labute approximate surface area is 160 Å². The lowest BCUT2D eigenvalue weighted by atomic mass is 10.1. The maximum absolute atomic E-state index is 13.1. The van der Waals surface area contributed by atoms with Crippen LogP contribution in [0, 0.1) is 6.92 Å². The number of aromatic nitrogens is 2. The van der Waals surface area contributed by atoms with E-state index in [9.17, 15) is 4.79 Å². The normalized spacial score (nSPS) is 18.1. The molecular weight excluding hydrogens is 338 g/mol. The van der Waals surface area contributed by atoms with E-state index in [-0.39, 0.29) is 5.91 Å². The van der Waals surface area contributed by atoms with Gasteiger partial charge < -0.3 is 14.7 Å². The van der Waals surface area contributed by atoms with Gasteiger partial charge in [-0.2, -0.15) is 0 Å². The Morgan fingerprint density at radius 1 is 0.963 bits per heavy atom. The molecule has 2 aliphatic heterocycles. The molecule has 0 N–H and O–H groups in total. The number of anilines is 1. The van der Waals surface area contributed by atoms with Crippen LogP contribution in [0.25, 0.3) is 11.4 Å². The van der Waals surface area contributed by atoms with E-state index in [1.165, 1.54) is 5.56 Å². The number of carbonyl (C=O) groups excluding carboxylic acids is 1. The van der Waals surface area contributed by atoms with E-state index in [0.29, 0.717) is 11.4 Å². The van der Waals surface area contributed by atoms with Crippen LogP contribution in [0.4, 0.5) is 5.82 Å². The van der Waals surface area contributed by atoms with Crippen LogP contribution < -0.4 is 4.90 Å². The SMILES string of the molecule is Cc1ccc(-c2ncc(C(=O)N3CCCC3)c(N3CCN(C)CC3)n2)cc1. The summed E-state index contributed by atoms with van der Waals surface area (Å²) in [6, 6.07) is 8.22. The molecule has 0 saturated carbocycles. The number of likely N-dealkylation sites (tertiary alicyclic amines) is 1. The number of piperazine rings is 1. The van der Waals surface area contributed by atoms with Crippen LogP contribution in [-0.4, -0.2) is 72.0 Å². The minimum absolute atomic E-state index is 0.0666. The first-order valence-corrected chi connectivity index (χ1v) is 9.78. The molecule has 2 saturated heterocycles. The van der Waals surface area contributed by atoms with E-state index >= 15 is 0 Å². The van der Waals surface area contributed by atoms with Gasteiger partial charge in [0.25, 0.3) is 5.91 Å².